The molecule has 0 fully saturated rings. The van der Waals surface area contributed by atoms with Crippen LogP contribution < -0.4 is 10.1 Å². The average molecular weight is 264 g/mol. The molecule has 0 aliphatic carbocycles. The van der Waals surface area contributed by atoms with Crippen LogP contribution in [0, 0.1) is 6.92 Å². The maximum atomic E-state index is 5.94. The molecule has 0 bridgehead atoms. The van der Waals surface area contributed by atoms with Crippen molar-refractivity contribution in [3.05, 3.63) is 35.0 Å². The van der Waals surface area contributed by atoms with Crippen molar-refractivity contribution in [3.63, 3.8) is 0 Å². The van der Waals surface area contributed by atoms with Gasteiger partial charge in [-0.15, -0.1) is 0 Å². The summed E-state index contributed by atoms with van der Waals surface area (Å²) in [4.78, 5) is 8.83. The standard InChI is InChI=1S/C13H14ClN3O/c1-8-6-12(15-2)17-13(16-8)10-5-4-9(14)7-11(10)18-3/h4-7H,1-3H3,(H,15,16,17). The van der Waals surface area contributed by atoms with Gasteiger partial charge in [-0.2, -0.15) is 0 Å². The molecule has 5 heteroatoms. The van der Waals surface area contributed by atoms with Crippen LogP contribution in [-0.4, -0.2) is 24.1 Å². The Labute approximate surface area is 111 Å². The Balaban J connectivity index is 2.57. The topological polar surface area (TPSA) is 47.0 Å². The first-order chi connectivity index (χ1) is 8.63. The van der Waals surface area contributed by atoms with E-state index in [1.165, 1.54) is 0 Å². The molecule has 0 spiro atoms. The summed E-state index contributed by atoms with van der Waals surface area (Å²) >= 11 is 5.94. The monoisotopic (exact) mass is 263 g/mol. The molecule has 0 aliphatic heterocycles. The Morgan fingerprint density at radius 2 is 2.00 bits per heavy atom. The Kier molecular flexibility index (Phi) is 3.67. The van der Waals surface area contributed by atoms with Crippen LogP contribution in [0.15, 0.2) is 24.3 Å². The molecule has 0 atom stereocenters. The highest BCUT2D eigenvalue weighted by Gasteiger charge is 2.10. The second kappa shape index (κ2) is 5.23. The van der Waals surface area contributed by atoms with Gasteiger partial charge in [-0.3, -0.25) is 0 Å². The van der Waals surface area contributed by atoms with Crippen LogP contribution in [-0.2, 0) is 0 Å². The van der Waals surface area contributed by atoms with Gasteiger partial charge >= 0.3 is 0 Å². The van der Waals surface area contributed by atoms with Crippen LogP contribution in [0.25, 0.3) is 11.4 Å². The van der Waals surface area contributed by atoms with Crippen molar-refractivity contribution in [2.45, 2.75) is 6.92 Å². The lowest BCUT2D eigenvalue weighted by Gasteiger charge is -2.09. The highest BCUT2D eigenvalue weighted by Crippen LogP contribution is 2.30. The zero-order valence-electron chi connectivity index (χ0n) is 10.5. The molecule has 94 valence electrons. The first kappa shape index (κ1) is 12.6. The maximum Gasteiger partial charge on any atom is 0.165 e. The lowest BCUT2D eigenvalue weighted by molar-refractivity contribution is 0.416. The summed E-state index contributed by atoms with van der Waals surface area (Å²) in [5.74, 6) is 2.05. The van der Waals surface area contributed by atoms with Gasteiger partial charge in [-0.1, -0.05) is 11.6 Å². The molecule has 0 saturated carbocycles. The number of nitrogens with one attached hydrogen (secondary N) is 1. The van der Waals surface area contributed by atoms with Gasteiger partial charge in [0.2, 0.25) is 0 Å². The number of rotatable bonds is 3. The number of aryl methyl sites for hydroxylation is 1. The van der Waals surface area contributed by atoms with E-state index in [4.69, 9.17) is 16.3 Å². The smallest absolute Gasteiger partial charge is 0.165 e. The molecule has 0 saturated heterocycles. The van der Waals surface area contributed by atoms with Crippen LogP contribution in [0.4, 0.5) is 5.82 Å². The van der Waals surface area contributed by atoms with Gasteiger partial charge in [-0.05, 0) is 25.1 Å². The van der Waals surface area contributed by atoms with Crippen LogP contribution in [0.2, 0.25) is 5.02 Å². The third kappa shape index (κ3) is 2.54. The zero-order chi connectivity index (χ0) is 13.1. The molecule has 1 heterocycles. The Bertz CT molecular complexity index is 572. The van der Waals surface area contributed by atoms with Crippen LogP contribution in [0.3, 0.4) is 0 Å². The predicted molar refractivity (Wildman–Crippen MR) is 73.3 cm³/mol. The molecule has 0 aliphatic rings. The number of ether oxygens (including phenoxy) is 1. The van der Waals surface area contributed by atoms with Gasteiger partial charge in [0.25, 0.3) is 0 Å². The lowest BCUT2D eigenvalue weighted by atomic mass is 10.2. The van der Waals surface area contributed by atoms with Crippen LogP contribution >= 0.6 is 11.6 Å². The normalized spacial score (nSPS) is 10.2. The largest absolute Gasteiger partial charge is 0.496 e. The number of halogens is 1. The van der Waals surface area contributed by atoms with Gasteiger partial charge in [0.15, 0.2) is 5.82 Å². The fourth-order valence-corrected chi connectivity index (χ4v) is 1.83. The summed E-state index contributed by atoms with van der Waals surface area (Å²) in [5, 5.41) is 3.63. The highest BCUT2D eigenvalue weighted by atomic mass is 35.5. The van der Waals surface area contributed by atoms with E-state index in [9.17, 15) is 0 Å². The van der Waals surface area contributed by atoms with Crippen molar-refractivity contribution in [1.29, 1.82) is 0 Å². The fourth-order valence-electron chi connectivity index (χ4n) is 1.67. The fraction of sp³-hybridized carbons (Fsp3) is 0.231. The SMILES string of the molecule is CNc1cc(C)nc(-c2ccc(Cl)cc2OC)n1. The van der Waals surface area contributed by atoms with Crippen molar-refractivity contribution < 1.29 is 4.74 Å². The molecule has 2 aromatic rings. The average Bonchev–Trinajstić information content (AvgIpc) is 2.37. The van der Waals surface area contributed by atoms with Crippen molar-refractivity contribution in [1.82, 2.24) is 9.97 Å². The molecule has 4 nitrogen and oxygen atoms in total. The van der Waals surface area contributed by atoms with Crippen LogP contribution in [0.1, 0.15) is 5.69 Å². The Morgan fingerprint density at radius 3 is 2.67 bits per heavy atom. The zero-order valence-corrected chi connectivity index (χ0v) is 11.2. The second-order valence-electron chi connectivity index (χ2n) is 3.81. The van der Waals surface area contributed by atoms with E-state index in [1.54, 1.807) is 19.2 Å². The summed E-state index contributed by atoms with van der Waals surface area (Å²) in [6, 6.07) is 7.28. The molecule has 0 unspecified atom stereocenters. The summed E-state index contributed by atoms with van der Waals surface area (Å²) < 4.78 is 5.31. The van der Waals surface area contributed by atoms with Crippen molar-refractivity contribution >= 4 is 17.4 Å². The number of benzene rings is 1. The molecule has 1 aromatic heterocycles. The van der Waals surface area contributed by atoms with Gasteiger partial charge < -0.3 is 10.1 Å². The van der Waals surface area contributed by atoms with E-state index in [0.717, 1.165) is 17.1 Å². The van der Waals surface area contributed by atoms with Gasteiger partial charge in [-0.25, -0.2) is 9.97 Å². The molecule has 2 rings (SSSR count). The molecule has 18 heavy (non-hydrogen) atoms. The first-order valence-corrected chi connectivity index (χ1v) is 5.89. The van der Waals surface area contributed by atoms with Gasteiger partial charge in [0.1, 0.15) is 11.6 Å². The van der Waals surface area contributed by atoms with E-state index < -0.39 is 0 Å². The molecular weight excluding hydrogens is 250 g/mol. The molecular formula is C13H14ClN3O. The third-order valence-electron chi connectivity index (χ3n) is 2.51. The quantitative estimate of drug-likeness (QED) is 0.924. The molecule has 0 amide bonds. The number of anilines is 1. The van der Waals surface area contributed by atoms with E-state index in [-0.39, 0.29) is 0 Å². The van der Waals surface area contributed by atoms with Crippen molar-refractivity contribution in [3.8, 4) is 17.1 Å². The summed E-state index contributed by atoms with van der Waals surface area (Å²) in [6.07, 6.45) is 0. The summed E-state index contributed by atoms with van der Waals surface area (Å²) in [5.41, 5.74) is 1.71. The maximum absolute atomic E-state index is 5.94. The summed E-state index contributed by atoms with van der Waals surface area (Å²) in [6.45, 7) is 1.93. The Morgan fingerprint density at radius 1 is 1.22 bits per heavy atom. The number of aromatic nitrogens is 2. The number of nitrogens with zero attached hydrogens (tertiary/aromatic N) is 2. The van der Waals surface area contributed by atoms with E-state index >= 15 is 0 Å². The van der Waals surface area contributed by atoms with E-state index in [1.807, 2.05) is 26.1 Å². The van der Waals surface area contributed by atoms with Crippen molar-refractivity contribution in [2.75, 3.05) is 19.5 Å². The number of methoxy groups -OCH3 is 1. The van der Waals surface area contributed by atoms with Gasteiger partial charge in [0, 0.05) is 23.8 Å². The molecule has 0 radical (unpaired) electrons. The number of hydrogen-bond donors (Lipinski definition) is 1. The summed E-state index contributed by atoms with van der Waals surface area (Å²) in [7, 11) is 3.43. The number of hydrogen-bond acceptors (Lipinski definition) is 4. The predicted octanol–water partition coefficient (Wildman–Crippen LogP) is 3.16. The second-order valence-corrected chi connectivity index (χ2v) is 4.25. The third-order valence-corrected chi connectivity index (χ3v) is 2.75. The molecule has 1 N–H and O–H groups in total. The lowest BCUT2D eigenvalue weighted by Crippen LogP contribution is -1.99. The van der Waals surface area contributed by atoms with Gasteiger partial charge in [0.05, 0.1) is 12.7 Å². The minimum absolute atomic E-state index is 0.618. The van der Waals surface area contributed by atoms with Crippen LogP contribution in [0.5, 0.6) is 5.75 Å². The molecule has 1 aromatic carbocycles. The van der Waals surface area contributed by atoms with Crippen molar-refractivity contribution in [2.24, 2.45) is 0 Å². The Hall–Kier alpha value is -1.81. The first-order valence-electron chi connectivity index (χ1n) is 5.51. The minimum Gasteiger partial charge on any atom is -0.496 e. The minimum atomic E-state index is 0.618. The highest BCUT2D eigenvalue weighted by molar-refractivity contribution is 6.30. The van der Waals surface area contributed by atoms with E-state index in [2.05, 4.69) is 15.3 Å². The van der Waals surface area contributed by atoms with E-state index in [0.29, 0.717) is 16.6 Å².